The Kier molecular flexibility index (Phi) is 5.49. The second-order valence-corrected chi connectivity index (χ2v) is 6.41. The summed E-state index contributed by atoms with van der Waals surface area (Å²) in [4.78, 5) is 7.13. The van der Waals surface area contributed by atoms with Crippen molar-refractivity contribution in [2.75, 3.05) is 7.05 Å². The summed E-state index contributed by atoms with van der Waals surface area (Å²) in [5, 5.41) is 0. The standard InChI is InChI=1S/C15H30N4/c1-12-8-10-14(11-9-12)19(2)15(18-16)17-13-6-4-3-5-7-13/h12-14H,3-11,16H2,1-2H3,(H,17,18). The normalized spacial score (nSPS) is 30.2. The molecule has 0 aromatic carbocycles. The van der Waals surface area contributed by atoms with Gasteiger partial charge in [0.25, 0.3) is 0 Å². The Bertz CT molecular complexity index is 289. The number of guanidine groups is 1. The first kappa shape index (κ1) is 14.6. The third-order valence-corrected chi connectivity index (χ3v) is 4.88. The van der Waals surface area contributed by atoms with Crippen LogP contribution in [-0.2, 0) is 0 Å². The molecule has 3 N–H and O–H groups in total. The zero-order chi connectivity index (χ0) is 13.7. The van der Waals surface area contributed by atoms with Crippen LogP contribution < -0.4 is 11.3 Å². The summed E-state index contributed by atoms with van der Waals surface area (Å²) in [6.07, 6.45) is 11.6. The van der Waals surface area contributed by atoms with E-state index in [4.69, 9.17) is 10.8 Å². The van der Waals surface area contributed by atoms with E-state index < -0.39 is 0 Å². The molecule has 0 heterocycles. The lowest BCUT2D eigenvalue weighted by Gasteiger charge is -2.35. The van der Waals surface area contributed by atoms with Crippen molar-refractivity contribution in [1.29, 1.82) is 0 Å². The van der Waals surface area contributed by atoms with E-state index in [1.807, 2.05) is 0 Å². The van der Waals surface area contributed by atoms with Crippen molar-refractivity contribution in [3.8, 4) is 0 Å². The largest absolute Gasteiger partial charge is 0.342 e. The maximum Gasteiger partial charge on any atom is 0.208 e. The van der Waals surface area contributed by atoms with E-state index in [1.54, 1.807) is 0 Å². The number of rotatable bonds is 2. The summed E-state index contributed by atoms with van der Waals surface area (Å²) in [7, 11) is 2.14. The molecule has 0 aromatic heterocycles. The minimum atomic E-state index is 0.477. The SMILES string of the molecule is CC1CCC(N(C)C(=NC2CCCCC2)NN)CC1. The van der Waals surface area contributed by atoms with Gasteiger partial charge >= 0.3 is 0 Å². The van der Waals surface area contributed by atoms with Gasteiger partial charge in [-0.25, -0.2) is 10.8 Å². The summed E-state index contributed by atoms with van der Waals surface area (Å²) < 4.78 is 0. The van der Waals surface area contributed by atoms with E-state index >= 15 is 0 Å². The summed E-state index contributed by atoms with van der Waals surface area (Å²) in [5.74, 6) is 7.48. The summed E-state index contributed by atoms with van der Waals surface area (Å²) in [5.41, 5.74) is 2.83. The van der Waals surface area contributed by atoms with Crippen LogP contribution in [0.1, 0.15) is 64.7 Å². The van der Waals surface area contributed by atoms with Gasteiger partial charge in [0.1, 0.15) is 0 Å². The fraction of sp³-hybridized carbons (Fsp3) is 0.933. The second kappa shape index (κ2) is 7.13. The van der Waals surface area contributed by atoms with E-state index in [0.717, 1.165) is 11.9 Å². The average molecular weight is 266 g/mol. The van der Waals surface area contributed by atoms with Crippen molar-refractivity contribution in [3.05, 3.63) is 0 Å². The van der Waals surface area contributed by atoms with Crippen LogP contribution in [0.2, 0.25) is 0 Å². The van der Waals surface area contributed by atoms with Gasteiger partial charge in [0, 0.05) is 13.1 Å². The number of hydrogen-bond acceptors (Lipinski definition) is 2. The smallest absolute Gasteiger partial charge is 0.208 e. The molecule has 4 heteroatoms. The summed E-state index contributed by atoms with van der Waals surface area (Å²) in [6.45, 7) is 2.36. The molecule has 2 rings (SSSR count). The highest BCUT2D eigenvalue weighted by molar-refractivity contribution is 5.79. The molecule has 0 atom stereocenters. The topological polar surface area (TPSA) is 53.6 Å². The second-order valence-electron chi connectivity index (χ2n) is 6.41. The lowest BCUT2D eigenvalue weighted by molar-refractivity contribution is 0.233. The van der Waals surface area contributed by atoms with E-state index in [9.17, 15) is 0 Å². The van der Waals surface area contributed by atoms with Crippen molar-refractivity contribution >= 4 is 5.96 Å². The molecule has 2 fully saturated rings. The third kappa shape index (κ3) is 4.10. The number of hydrogen-bond donors (Lipinski definition) is 2. The Hall–Kier alpha value is -0.770. The summed E-state index contributed by atoms with van der Waals surface area (Å²) in [6, 6.07) is 1.08. The Balaban J connectivity index is 1.93. The van der Waals surface area contributed by atoms with E-state index in [2.05, 4.69) is 24.3 Å². The first-order valence-corrected chi connectivity index (χ1v) is 7.98. The van der Waals surface area contributed by atoms with Crippen molar-refractivity contribution in [2.45, 2.75) is 76.8 Å². The van der Waals surface area contributed by atoms with Crippen LogP contribution in [0, 0.1) is 5.92 Å². The maximum absolute atomic E-state index is 5.70. The van der Waals surface area contributed by atoms with Crippen LogP contribution in [0.25, 0.3) is 0 Å². The van der Waals surface area contributed by atoms with E-state index in [-0.39, 0.29) is 0 Å². The van der Waals surface area contributed by atoms with Crippen molar-refractivity contribution in [1.82, 2.24) is 10.3 Å². The van der Waals surface area contributed by atoms with Gasteiger partial charge in [0.15, 0.2) is 0 Å². The monoisotopic (exact) mass is 266 g/mol. The quantitative estimate of drug-likeness (QED) is 0.350. The minimum absolute atomic E-state index is 0.477. The number of nitrogens with one attached hydrogen (secondary N) is 1. The highest BCUT2D eigenvalue weighted by Gasteiger charge is 2.24. The van der Waals surface area contributed by atoms with Crippen molar-refractivity contribution in [3.63, 3.8) is 0 Å². The zero-order valence-corrected chi connectivity index (χ0v) is 12.6. The first-order valence-electron chi connectivity index (χ1n) is 7.98. The lowest BCUT2D eigenvalue weighted by atomic mass is 9.87. The number of nitrogens with two attached hydrogens (primary N) is 1. The van der Waals surface area contributed by atoms with Crippen LogP contribution in [0.3, 0.4) is 0 Å². The molecule has 110 valence electrons. The van der Waals surface area contributed by atoms with Gasteiger partial charge in [-0.2, -0.15) is 0 Å². The van der Waals surface area contributed by atoms with Gasteiger partial charge in [0.2, 0.25) is 5.96 Å². The van der Waals surface area contributed by atoms with Gasteiger partial charge < -0.3 is 4.90 Å². The zero-order valence-electron chi connectivity index (χ0n) is 12.6. The Morgan fingerprint density at radius 2 is 1.68 bits per heavy atom. The molecule has 2 aliphatic carbocycles. The third-order valence-electron chi connectivity index (χ3n) is 4.88. The molecule has 0 unspecified atom stereocenters. The molecule has 0 radical (unpaired) electrons. The van der Waals surface area contributed by atoms with E-state index in [1.165, 1.54) is 57.8 Å². The highest BCUT2D eigenvalue weighted by Crippen LogP contribution is 2.27. The average Bonchev–Trinajstić information content (AvgIpc) is 2.46. The lowest BCUT2D eigenvalue weighted by Crippen LogP contribution is -2.49. The molecule has 2 aliphatic rings. The number of hydrazine groups is 1. The molecular weight excluding hydrogens is 236 g/mol. The molecule has 2 saturated carbocycles. The molecule has 0 aliphatic heterocycles. The van der Waals surface area contributed by atoms with Gasteiger partial charge in [-0.3, -0.25) is 5.43 Å². The van der Waals surface area contributed by atoms with Gasteiger partial charge in [-0.15, -0.1) is 0 Å². The summed E-state index contributed by atoms with van der Waals surface area (Å²) >= 11 is 0. The first-order chi connectivity index (χ1) is 9.20. The van der Waals surface area contributed by atoms with Gasteiger partial charge in [0.05, 0.1) is 6.04 Å². The molecule has 0 amide bonds. The highest BCUT2D eigenvalue weighted by atomic mass is 15.4. The predicted molar refractivity (Wildman–Crippen MR) is 80.8 cm³/mol. The Morgan fingerprint density at radius 1 is 1.05 bits per heavy atom. The van der Waals surface area contributed by atoms with Gasteiger partial charge in [-0.1, -0.05) is 26.2 Å². The Labute approximate surface area is 117 Å². The van der Waals surface area contributed by atoms with Crippen LogP contribution in [0.5, 0.6) is 0 Å². The molecule has 0 spiro atoms. The molecule has 4 nitrogen and oxygen atoms in total. The fourth-order valence-corrected chi connectivity index (χ4v) is 3.42. The fourth-order valence-electron chi connectivity index (χ4n) is 3.42. The van der Waals surface area contributed by atoms with Crippen LogP contribution in [0.4, 0.5) is 0 Å². The maximum atomic E-state index is 5.70. The van der Waals surface area contributed by atoms with Crippen LogP contribution in [-0.4, -0.2) is 30.0 Å². The van der Waals surface area contributed by atoms with Crippen molar-refractivity contribution in [2.24, 2.45) is 16.8 Å². The van der Waals surface area contributed by atoms with Crippen molar-refractivity contribution < 1.29 is 0 Å². The van der Waals surface area contributed by atoms with E-state index in [0.29, 0.717) is 12.1 Å². The van der Waals surface area contributed by atoms with Crippen LogP contribution in [0.15, 0.2) is 4.99 Å². The molecular formula is C15H30N4. The minimum Gasteiger partial charge on any atom is -0.342 e. The molecule has 0 aromatic rings. The predicted octanol–water partition coefficient (Wildman–Crippen LogP) is 2.65. The number of nitrogens with zero attached hydrogens (tertiary/aromatic N) is 2. The molecule has 0 bridgehead atoms. The van der Waals surface area contributed by atoms with Gasteiger partial charge in [-0.05, 0) is 44.4 Å². The van der Waals surface area contributed by atoms with Crippen LogP contribution >= 0.6 is 0 Å². The molecule has 19 heavy (non-hydrogen) atoms. The number of aliphatic imine (C=N–C) groups is 1. The Morgan fingerprint density at radius 3 is 2.26 bits per heavy atom. The molecule has 0 saturated heterocycles.